The second-order valence-corrected chi connectivity index (χ2v) is 6.19. The van der Waals surface area contributed by atoms with E-state index < -0.39 is 9.85 Å². The zero-order chi connectivity index (χ0) is 20.1. The molecule has 0 bridgehead atoms. The Kier molecular flexibility index (Phi) is 5.33. The Morgan fingerprint density at radius 1 is 1.11 bits per heavy atom. The molecule has 0 aliphatic heterocycles. The first-order valence-electron chi connectivity index (χ1n) is 7.67. The summed E-state index contributed by atoms with van der Waals surface area (Å²) in [4.78, 5) is 24.8. The molecule has 138 valence electrons. The predicted molar refractivity (Wildman–Crippen MR) is 103 cm³/mol. The van der Waals surface area contributed by atoms with Crippen molar-refractivity contribution in [3.05, 3.63) is 79.1 Å². The van der Waals surface area contributed by atoms with Gasteiger partial charge in [-0.2, -0.15) is 10.4 Å². The number of nitro groups is 2. The highest BCUT2D eigenvalue weighted by Gasteiger charge is 2.12. The maximum Gasteiger partial charge on any atom is 0.271 e. The molecular weight excluding hydrogens is 384 g/mol. The molecule has 11 heteroatoms. The fourth-order valence-electron chi connectivity index (χ4n) is 2.20. The second-order valence-electron chi connectivity index (χ2n) is 5.33. The van der Waals surface area contributed by atoms with Gasteiger partial charge in [-0.15, -0.1) is 11.3 Å². The van der Waals surface area contributed by atoms with Gasteiger partial charge in [0.15, 0.2) is 10.7 Å². The van der Waals surface area contributed by atoms with E-state index in [1.165, 1.54) is 41.7 Å². The molecule has 0 saturated carbocycles. The summed E-state index contributed by atoms with van der Waals surface area (Å²) in [5.41, 5.74) is 4.05. The van der Waals surface area contributed by atoms with Gasteiger partial charge in [-0.05, 0) is 18.2 Å². The van der Waals surface area contributed by atoms with E-state index in [1.54, 1.807) is 23.6 Å². The largest absolute Gasteiger partial charge is 0.277 e. The van der Waals surface area contributed by atoms with Gasteiger partial charge in [-0.25, -0.2) is 4.98 Å². The SMILES string of the molecule is N#C/C(=N\Nc1cccc([N+](=O)[O-])c1)c1nc(-c2ccc([N+](=O)[O-])cc2)cs1. The molecule has 0 saturated heterocycles. The average molecular weight is 394 g/mol. The van der Waals surface area contributed by atoms with Crippen LogP contribution in [0.5, 0.6) is 0 Å². The molecule has 0 unspecified atom stereocenters. The molecule has 1 heterocycles. The highest BCUT2D eigenvalue weighted by Crippen LogP contribution is 2.25. The van der Waals surface area contributed by atoms with E-state index in [1.807, 2.05) is 6.07 Å². The van der Waals surface area contributed by atoms with E-state index in [-0.39, 0.29) is 17.1 Å². The number of aromatic nitrogens is 1. The van der Waals surface area contributed by atoms with Crippen LogP contribution in [0.2, 0.25) is 0 Å². The van der Waals surface area contributed by atoms with Crippen molar-refractivity contribution in [3.63, 3.8) is 0 Å². The number of non-ortho nitro benzene ring substituents is 2. The Morgan fingerprint density at radius 2 is 1.82 bits per heavy atom. The van der Waals surface area contributed by atoms with Crippen molar-refractivity contribution in [1.82, 2.24) is 4.98 Å². The molecular formula is C17H10N6O4S. The summed E-state index contributed by atoms with van der Waals surface area (Å²) in [6, 6.07) is 13.5. The summed E-state index contributed by atoms with van der Waals surface area (Å²) < 4.78 is 0. The van der Waals surface area contributed by atoms with E-state index >= 15 is 0 Å². The smallest absolute Gasteiger partial charge is 0.271 e. The minimum absolute atomic E-state index is 0.00432. The number of hydrazone groups is 1. The number of nitriles is 1. The molecule has 28 heavy (non-hydrogen) atoms. The average Bonchev–Trinajstić information content (AvgIpc) is 3.19. The molecule has 0 aliphatic rings. The van der Waals surface area contributed by atoms with Gasteiger partial charge in [0.05, 0.1) is 21.2 Å². The van der Waals surface area contributed by atoms with Crippen molar-refractivity contribution in [2.45, 2.75) is 0 Å². The molecule has 0 radical (unpaired) electrons. The zero-order valence-corrected chi connectivity index (χ0v) is 14.8. The standard InChI is InChI=1S/C17H10N6O4S/c18-9-15(21-20-12-2-1-3-14(8-12)23(26)27)17-19-16(10-28-17)11-4-6-13(7-5-11)22(24)25/h1-8,10,20H/b21-15+. The normalized spacial score (nSPS) is 10.9. The Bertz CT molecular complexity index is 1120. The van der Waals surface area contributed by atoms with Crippen LogP contribution in [0, 0.1) is 31.6 Å². The van der Waals surface area contributed by atoms with Gasteiger partial charge in [-0.1, -0.05) is 6.07 Å². The first-order chi connectivity index (χ1) is 13.5. The van der Waals surface area contributed by atoms with Crippen LogP contribution in [-0.2, 0) is 0 Å². The van der Waals surface area contributed by atoms with E-state index in [4.69, 9.17) is 0 Å². The molecule has 1 aromatic heterocycles. The Balaban J connectivity index is 1.81. The Labute approximate surface area is 161 Å². The molecule has 0 amide bonds. The minimum atomic E-state index is -0.530. The fraction of sp³-hybridized carbons (Fsp3) is 0. The maximum absolute atomic E-state index is 10.8. The van der Waals surface area contributed by atoms with Crippen molar-refractivity contribution >= 4 is 34.1 Å². The van der Waals surface area contributed by atoms with Crippen molar-refractivity contribution < 1.29 is 9.85 Å². The lowest BCUT2D eigenvalue weighted by atomic mass is 10.1. The van der Waals surface area contributed by atoms with Crippen molar-refractivity contribution in [3.8, 4) is 17.3 Å². The third-order valence-electron chi connectivity index (χ3n) is 3.54. The summed E-state index contributed by atoms with van der Waals surface area (Å²) in [5, 5.41) is 36.9. The second kappa shape index (κ2) is 8.02. The molecule has 0 spiro atoms. The number of nitrogens with zero attached hydrogens (tertiary/aromatic N) is 5. The predicted octanol–water partition coefficient (Wildman–Crippen LogP) is 3.97. The van der Waals surface area contributed by atoms with Crippen LogP contribution in [0.1, 0.15) is 5.01 Å². The summed E-state index contributed by atoms with van der Waals surface area (Å²) in [7, 11) is 0. The number of rotatable bonds is 6. The third-order valence-corrected chi connectivity index (χ3v) is 4.39. The van der Waals surface area contributed by atoms with Gasteiger partial charge in [0.1, 0.15) is 6.07 Å². The summed E-state index contributed by atoms with van der Waals surface area (Å²) >= 11 is 1.18. The molecule has 1 N–H and O–H groups in total. The molecule has 0 aliphatic carbocycles. The highest BCUT2D eigenvalue weighted by molar-refractivity contribution is 7.12. The van der Waals surface area contributed by atoms with Crippen LogP contribution in [0.3, 0.4) is 0 Å². The monoisotopic (exact) mass is 394 g/mol. The summed E-state index contributed by atoms with van der Waals surface area (Å²) in [6.07, 6.45) is 0. The number of benzene rings is 2. The van der Waals surface area contributed by atoms with Gasteiger partial charge < -0.3 is 0 Å². The third kappa shape index (κ3) is 4.14. The van der Waals surface area contributed by atoms with E-state index in [0.29, 0.717) is 22.0 Å². The van der Waals surface area contributed by atoms with Gasteiger partial charge in [-0.3, -0.25) is 25.7 Å². The minimum Gasteiger partial charge on any atom is -0.277 e. The van der Waals surface area contributed by atoms with Crippen LogP contribution in [0.4, 0.5) is 17.1 Å². The van der Waals surface area contributed by atoms with Gasteiger partial charge >= 0.3 is 0 Å². The molecule has 3 rings (SSSR count). The number of anilines is 1. The Hall–Kier alpha value is -4.17. The van der Waals surface area contributed by atoms with Crippen molar-refractivity contribution in [2.75, 3.05) is 5.43 Å². The highest BCUT2D eigenvalue weighted by atomic mass is 32.1. The van der Waals surface area contributed by atoms with E-state index in [2.05, 4.69) is 15.5 Å². The number of hydrogen-bond donors (Lipinski definition) is 1. The van der Waals surface area contributed by atoms with E-state index in [9.17, 15) is 25.5 Å². The zero-order valence-electron chi connectivity index (χ0n) is 14.0. The first-order valence-corrected chi connectivity index (χ1v) is 8.55. The first kappa shape index (κ1) is 18.6. The van der Waals surface area contributed by atoms with Crippen LogP contribution >= 0.6 is 11.3 Å². The van der Waals surface area contributed by atoms with Gasteiger partial charge in [0.25, 0.3) is 11.4 Å². The van der Waals surface area contributed by atoms with Crippen molar-refractivity contribution in [1.29, 1.82) is 5.26 Å². The molecule has 3 aromatic rings. The van der Waals surface area contributed by atoms with Crippen LogP contribution in [0.25, 0.3) is 11.3 Å². The summed E-state index contributed by atoms with van der Waals surface area (Å²) in [5.74, 6) is 0. The lowest BCUT2D eigenvalue weighted by Gasteiger charge is -2.00. The lowest BCUT2D eigenvalue weighted by Crippen LogP contribution is -2.01. The molecule has 2 aromatic carbocycles. The van der Waals surface area contributed by atoms with Crippen LogP contribution < -0.4 is 5.43 Å². The van der Waals surface area contributed by atoms with Crippen molar-refractivity contribution in [2.24, 2.45) is 5.10 Å². The Morgan fingerprint density at radius 3 is 2.46 bits per heavy atom. The molecule has 0 fully saturated rings. The van der Waals surface area contributed by atoms with E-state index in [0.717, 1.165) is 0 Å². The van der Waals surface area contributed by atoms with Gasteiger partial charge in [0.2, 0.25) is 0 Å². The maximum atomic E-state index is 10.8. The number of nitrogens with one attached hydrogen (secondary N) is 1. The molecule has 10 nitrogen and oxygen atoms in total. The lowest BCUT2D eigenvalue weighted by molar-refractivity contribution is -0.385. The fourth-order valence-corrected chi connectivity index (χ4v) is 2.97. The van der Waals surface area contributed by atoms with Crippen LogP contribution in [0.15, 0.2) is 59.0 Å². The number of thiazole rings is 1. The number of hydrogen-bond acceptors (Lipinski definition) is 9. The molecule has 0 atom stereocenters. The topological polar surface area (TPSA) is 147 Å². The quantitative estimate of drug-likeness (QED) is 0.378. The summed E-state index contributed by atoms with van der Waals surface area (Å²) in [6.45, 7) is 0. The van der Waals surface area contributed by atoms with Gasteiger partial charge in [0, 0.05) is 35.2 Å². The number of nitro benzene ring substituents is 2. The van der Waals surface area contributed by atoms with Crippen LogP contribution in [-0.4, -0.2) is 20.5 Å².